The highest BCUT2D eigenvalue weighted by Crippen LogP contribution is 2.17. The molecule has 172 valence electrons. The van der Waals surface area contributed by atoms with E-state index in [9.17, 15) is 18.0 Å². The third-order valence-electron chi connectivity index (χ3n) is 5.25. The topological polar surface area (TPSA) is 95.6 Å². The Morgan fingerprint density at radius 3 is 2.12 bits per heavy atom. The molecule has 0 saturated heterocycles. The minimum Gasteiger partial charge on any atom is -0.325 e. The predicted molar refractivity (Wildman–Crippen MR) is 129 cm³/mol. The number of hydrogen-bond acceptors (Lipinski definition) is 4. The van der Waals surface area contributed by atoms with Gasteiger partial charge >= 0.3 is 6.03 Å². The highest BCUT2D eigenvalue weighted by Gasteiger charge is 2.27. The largest absolute Gasteiger partial charge is 0.329 e. The van der Waals surface area contributed by atoms with Crippen LogP contribution in [0.3, 0.4) is 0 Å². The van der Waals surface area contributed by atoms with E-state index >= 15 is 0 Å². The molecule has 3 rings (SSSR count). The molecule has 0 saturated carbocycles. The van der Waals surface area contributed by atoms with Crippen LogP contribution < -0.4 is 14.9 Å². The lowest BCUT2D eigenvalue weighted by Crippen LogP contribution is -2.52. The average Bonchev–Trinajstić information content (AvgIpc) is 2.78. The summed E-state index contributed by atoms with van der Waals surface area (Å²) < 4.78 is 27.4. The van der Waals surface area contributed by atoms with Crippen LogP contribution in [-0.4, -0.2) is 33.4 Å². The summed E-state index contributed by atoms with van der Waals surface area (Å²) in [5.41, 5.74) is 3.06. The molecule has 1 atom stereocenters. The van der Waals surface area contributed by atoms with Gasteiger partial charge in [-0.1, -0.05) is 66.2 Å². The maximum atomic E-state index is 13.3. The van der Waals surface area contributed by atoms with Gasteiger partial charge in [0.2, 0.25) is 5.91 Å². The Labute approximate surface area is 194 Å². The molecule has 2 N–H and O–H groups in total. The van der Waals surface area contributed by atoms with Gasteiger partial charge in [0.25, 0.3) is 10.0 Å². The van der Waals surface area contributed by atoms with Gasteiger partial charge in [0.05, 0.1) is 4.90 Å². The molecule has 8 heteroatoms. The van der Waals surface area contributed by atoms with Gasteiger partial charge in [0, 0.05) is 19.2 Å². The van der Waals surface area contributed by atoms with Crippen LogP contribution in [0, 0.1) is 13.8 Å². The minimum absolute atomic E-state index is 0.00265. The van der Waals surface area contributed by atoms with E-state index in [0.29, 0.717) is 11.3 Å². The van der Waals surface area contributed by atoms with Gasteiger partial charge in [-0.3, -0.25) is 4.79 Å². The summed E-state index contributed by atoms with van der Waals surface area (Å²) in [5, 5.41) is 2.55. The fourth-order valence-electron chi connectivity index (χ4n) is 3.40. The van der Waals surface area contributed by atoms with Gasteiger partial charge < -0.3 is 10.2 Å². The van der Waals surface area contributed by atoms with E-state index in [0.717, 1.165) is 11.1 Å². The number of anilines is 1. The van der Waals surface area contributed by atoms with E-state index in [-0.39, 0.29) is 17.2 Å². The van der Waals surface area contributed by atoms with Crippen LogP contribution in [0.5, 0.6) is 0 Å². The van der Waals surface area contributed by atoms with E-state index in [1.165, 1.54) is 11.0 Å². The first-order valence-corrected chi connectivity index (χ1v) is 11.9. The number of hydrogen-bond donors (Lipinski definition) is 2. The second-order valence-corrected chi connectivity index (χ2v) is 9.47. The predicted octanol–water partition coefficient (Wildman–Crippen LogP) is 3.57. The Balaban J connectivity index is 1.81. The van der Waals surface area contributed by atoms with Crippen molar-refractivity contribution in [2.45, 2.75) is 31.2 Å². The molecular weight excluding hydrogens is 438 g/mol. The standard InChI is InChI=1S/C25H27N3O4S/c1-18-13-15-21(16-14-18)28(3)24(29)22(17-20-10-5-4-6-11-20)26-25(30)27-33(31,32)23-12-8-7-9-19(23)2/h4-16,22H,17H2,1-3H3,(H2,26,27,30). The van der Waals surface area contributed by atoms with Crippen LogP contribution in [0.2, 0.25) is 0 Å². The van der Waals surface area contributed by atoms with Crippen LogP contribution in [0.1, 0.15) is 16.7 Å². The number of amides is 3. The summed E-state index contributed by atoms with van der Waals surface area (Å²) in [6, 6.07) is 21.0. The van der Waals surface area contributed by atoms with Crippen molar-refractivity contribution in [3.8, 4) is 0 Å². The van der Waals surface area contributed by atoms with Crippen molar-refractivity contribution in [1.29, 1.82) is 0 Å². The van der Waals surface area contributed by atoms with Gasteiger partial charge in [-0.05, 0) is 43.2 Å². The second-order valence-electron chi connectivity index (χ2n) is 7.82. The minimum atomic E-state index is -4.10. The van der Waals surface area contributed by atoms with Crippen molar-refractivity contribution in [1.82, 2.24) is 10.0 Å². The number of aryl methyl sites for hydroxylation is 2. The lowest BCUT2D eigenvalue weighted by atomic mass is 10.0. The smallest absolute Gasteiger partial charge is 0.325 e. The quantitative estimate of drug-likeness (QED) is 0.558. The average molecular weight is 466 g/mol. The lowest BCUT2D eigenvalue weighted by molar-refractivity contribution is -0.120. The molecule has 3 aromatic rings. The zero-order valence-electron chi connectivity index (χ0n) is 18.8. The summed E-state index contributed by atoms with van der Waals surface area (Å²) >= 11 is 0. The summed E-state index contributed by atoms with van der Waals surface area (Å²) in [4.78, 5) is 27.4. The molecule has 0 bridgehead atoms. The Hall–Kier alpha value is -3.65. The number of carbonyl (C=O) groups is 2. The molecule has 0 aliphatic rings. The van der Waals surface area contributed by atoms with Gasteiger partial charge in [0.15, 0.2) is 0 Å². The second kappa shape index (κ2) is 10.3. The maximum absolute atomic E-state index is 13.3. The molecule has 0 aromatic heterocycles. The van der Waals surface area contributed by atoms with Gasteiger partial charge in [-0.25, -0.2) is 17.9 Å². The Kier molecular flexibility index (Phi) is 7.50. The number of nitrogens with zero attached hydrogens (tertiary/aromatic N) is 1. The van der Waals surface area contributed by atoms with Crippen LogP contribution >= 0.6 is 0 Å². The molecule has 33 heavy (non-hydrogen) atoms. The molecular formula is C25H27N3O4S. The number of likely N-dealkylation sites (N-methyl/N-ethyl adjacent to an activating group) is 1. The normalized spacial score (nSPS) is 12.0. The van der Waals surface area contributed by atoms with Crippen molar-refractivity contribution in [3.05, 3.63) is 95.6 Å². The van der Waals surface area contributed by atoms with Gasteiger partial charge in [-0.2, -0.15) is 0 Å². The number of nitrogens with one attached hydrogen (secondary N) is 2. The summed E-state index contributed by atoms with van der Waals surface area (Å²) in [6.45, 7) is 3.59. The molecule has 0 fully saturated rings. The van der Waals surface area contributed by atoms with Crippen molar-refractivity contribution in [3.63, 3.8) is 0 Å². The summed E-state index contributed by atoms with van der Waals surface area (Å²) in [7, 11) is -2.48. The Morgan fingerprint density at radius 1 is 0.879 bits per heavy atom. The van der Waals surface area contributed by atoms with E-state index in [1.807, 2.05) is 66.2 Å². The summed E-state index contributed by atoms with van der Waals surface area (Å²) in [5.74, 6) is -0.369. The molecule has 0 aliphatic carbocycles. The zero-order valence-corrected chi connectivity index (χ0v) is 19.6. The summed E-state index contributed by atoms with van der Waals surface area (Å²) in [6.07, 6.45) is 0.202. The van der Waals surface area contributed by atoms with Crippen molar-refractivity contribution >= 4 is 27.6 Å². The number of urea groups is 1. The molecule has 1 unspecified atom stereocenters. The SMILES string of the molecule is Cc1ccc(N(C)C(=O)C(Cc2ccccc2)NC(=O)NS(=O)(=O)c2ccccc2C)cc1. The highest BCUT2D eigenvalue weighted by molar-refractivity contribution is 7.90. The molecule has 3 amide bonds. The van der Waals surface area contributed by atoms with Crippen molar-refractivity contribution in [2.75, 3.05) is 11.9 Å². The molecule has 7 nitrogen and oxygen atoms in total. The molecule has 0 aliphatic heterocycles. The molecule has 0 heterocycles. The first-order chi connectivity index (χ1) is 15.7. The molecule has 0 radical (unpaired) electrons. The third-order valence-corrected chi connectivity index (χ3v) is 6.74. The number of sulfonamides is 1. The maximum Gasteiger partial charge on any atom is 0.329 e. The van der Waals surface area contributed by atoms with E-state index in [4.69, 9.17) is 0 Å². The first kappa shape index (κ1) is 24.0. The number of rotatable bonds is 7. The Bertz CT molecular complexity index is 1230. The monoisotopic (exact) mass is 465 g/mol. The van der Waals surface area contributed by atoms with Crippen LogP contribution in [0.15, 0.2) is 83.8 Å². The van der Waals surface area contributed by atoms with E-state index < -0.39 is 22.1 Å². The van der Waals surface area contributed by atoms with Crippen LogP contribution in [0.25, 0.3) is 0 Å². The van der Waals surface area contributed by atoms with Crippen LogP contribution in [0.4, 0.5) is 10.5 Å². The van der Waals surface area contributed by atoms with E-state index in [2.05, 4.69) is 5.32 Å². The van der Waals surface area contributed by atoms with E-state index in [1.54, 1.807) is 32.2 Å². The van der Waals surface area contributed by atoms with Crippen molar-refractivity contribution in [2.24, 2.45) is 0 Å². The number of benzene rings is 3. The Morgan fingerprint density at radius 2 is 1.48 bits per heavy atom. The molecule has 3 aromatic carbocycles. The van der Waals surface area contributed by atoms with Crippen molar-refractivity contribution < 1.29 is 18.0 Å². The van der Waals surface area contributed by atoms with Gasteiger partial charge in [0.1, 0.15) is 6.04 Å². The highest BCUT2D eigenvalue weighted by atomic mass is 32.2. The molecule has 0 spiro atoms. The fraction of sp³-hybridized carbons (Fsp3) is 0.200. The zero-order chi connectivity index (χ0) is 24.0. The van der Waals surface area contributed by atoms with Gasteiger partial charge in [-0.15, -0.1) is 0 Å². The third kappa shape index (κ3) is 6.20. The van der Waals surface area contributed by atoms with Crippen LogP contribution in [-0.2, 0) is 21.2 Å². The lowest BCUT2D eigenvalue weighted by Gasteiger charge is -2.25. The first-order valence-electron chi connectivity index (χ1n) is 10.4. The number of carbonyl (C=O) groups excluding carboxylic acids is 2. The fourth-order valence-corrected chi connectivity index (χ4v) is 4.56.